The second-order valence-electron chi connectivity index (χ2n) is 5.97. The van der Waals surface area contributed by atoms with Crippen molar-refractivity contribution in [3.63, 3.8) is 0 Å². The lowest BCUT2D eigenvalue weighted by Crippen LogP contribution is -2.51. The first-order valence-corrected chi connectivity index (χ1v) is 8.28. The maximum atomic E-state index is 12.2. The van der Waals surface area contributed by atoms with Crippen LogP contribution in [-0.2, 0) is 11.2 Å². The first-order chi connectivity index (χ1) is 11.5. The fraction of sp³-hybridized carbons (Fsp3) is 0.471. The fourth-order valence-corrected chi connectivity index (χ4v) is 2.56. The molecule has 2 aromatic rings. The van der Waals surface area contributed by atoms with E-state index in [1.807, 2.05) is 38.1 Å². The summed E-state index contributed by atoms with van der Waals surface area (Å²) < 4.78 is 0. The maximum absolute atomic E-state index is 12.2. The van der Waals surface area contributed by atoms with Gasteiger partial charge in [0, 0.05) is 13.0 Å². The number of amides is 3. The van der Waals surface area contributed by atoms with Gasteiger partial charge in [-0.05, 0) is 24.5 Å². The predicted octanol–water partition coefficient (Wildman–Crippen LogP) is 1.69. The van der Waals surface area contributed by atoms with Crippen molar-refractivity contribution in [3.8, 4) is 0 Å². The Bertz CT molecular complexity index is 664. The van der Waals surface area contributed by atoms with Crippen molar-refractivity contribution in [3.05, 3.63) is 30.1 Å². The molecule has 0 fully saturated rings. The number of aromatic amines is 1. The number of hydrogen-bond acceptors (Lipinski definition) is 3. The lowest BCUT2D eigenvalue weighted by Gasteiger charge is -2.22. The molecule has 7 nitrogen and oxygen atoms in total. The molecule has 0 unspecified atom stereocenters. The van der Waals surface area contributed by atoms with Crippen LogP contribution in [0.4, 0.5) is 4.79 Å². The summed E-state index contributed by atoms with van der Waals surface area (Å²) in [6.07, 6.45) is 2.28. The van der Waals surface area contributed by atoms with Crippen LogP contribution in [0.15, 0.2) is 24.3 Å². The summed E-state index contributed by atoms with van der Waals surface area (Å²) in [7, 11) is 0. The molecule has 0 radical (unpaired) electrons. The minimum atomic E-state index is -0.683. The smallest absolute Gasteiger partial charge is 0.312 e. The van der Waals surface area contributed by atoms with E-state index >= 15 is 0 Å². The molecule has 1 aromatic carbocycles. The second kappa shape index (κ2) is 8.33. The highest BCUT2D eigenvalue weighted by Crippen LogP contribution is 2.11. The van der Waals surface area contributed by atoms with E-state index in [9.17, 15) is 9.59 Å². The van der Waals surface area contributed by atoms with Crippen LogP contribution in [0.3, 0.4) is 0 Å². The van der Waals surface area contributed by atoms with Gasteiger partial charge in [-0.1, -0.05) is 32.4 Å². The van der Waals surface area contributed by atoms with Crippen molar-refractivity contribution < 1.29 is 9.59 Å². The van der Waals surface area contributed by atoms with Crippen LogP contribution in [0.5, 0.6) is 0 Å². The van der Waals surface area contributed by atoms with Gasteiger partial charge in [0.15, 0.2) is 0 Å². The molecule has 130 valence electrons. The van der Waals surface area contributed by atoms with Crippen LogP contribution in [-0.4, -0.2) is 34.5 Å². The number of carbonyl (C=O) groups excluding carboxylic acids is 2. The molecular formula is C17H25N5O2. The second-order valence-corrected chi connectivity index (χ2v) is 5.97. The summed E-state index contributed by atoms with van der Waals surface area (Å²) in [5.41, 5.74) is 7.11. The molecule has 1 aromatic heterocycles. The van der Waals surface area contributed by atoms with Gasteiger partial charge in [0.25, 0.3) is 0 Å². The Labute approximate surface area is 141 Å². The first kappa shape index (κ1) is 17.8. The van der Waals surface area contributed by atoms with Crippen LogP contribution in [0.2, 0.25) is 0 Å². The summed E-state index contributed by atoms with van der Waals surface area (Å²) >= 11 is 0. The average molecular weight is 331 g/mol. The predicted molar refractivity (Wildman–Crippen MR) is 93.4 cm³/mol. The zero-order valence-electron chi connectivity index (χ0n) is 14.1. The SMILES string of the molecule is CC[C@@H](C)[C@H](NC(N)=O)C(=O)NCCCc1nc2ccccc2[nH]1. The Hall–Kier alpha value is -2.57. The van der Waals surface area contributed by atoms with E-state index in [2.05, 4.69) is 20.6 Å². The number of para-hydroxylation sites is 2. The Kier molecular flexibility index (Phi) is 6.17. The van der Waals surface area contributed by atoms with Crippen LogP contribution in [0.25, 0.3) is 11.0 Å². The summed E-state index contributed by atoms with van der Waals surface area (Å²) in [5, 5.41) is 5.37. The number of nitrogens with two attached hydrogens (primary N) is 1. The van der Waals surface area contributed by atoms with Gasteiger partial charge in [-0.2, -0.15) is 0 Å². The number of benzene rings is 1. The number of urea groups is 1. The molecule has 3 amide bonds. The molecule has 0 saturated heterocycles. The average Bonchev–Trinajstić information content (AvgIpc) is 2.98. The number of hydrogen-bond donors (Lipinski definition) is 4. The van der Waals surface area contributed by atoms with E-state index in [4.69, 9.17) is 5.73 Å². The molecule has 0 aliphatic rings. The molecule has 7 heteroatoms. The summed E-state index contributed by atoms with van der Waals surface area (Å²) in [4.78, 5) is 31.0. The minimum absolute atomic E-state index is 0.0212. The number of primary amides is 1. The Balaban J connectivity index is 1.81. The van der Waals surface area contributed by atoms with Gasteiger partial charge >= 0.3 is 6.03 Å². The number of rotatable bonds is 8. The highest BCUT2D eigenvalue weighted by Gasteiger charge is 2.24. The number of H-pyrrole nitrogens is 1. The number of imidazole rings is 1. The van der Waals surface area contributed by atoms with E-state index in [-0.39, 0.29) is 11.8 Å². The summed E-state index contributed by atoms with van der Waals surface area (Å²) in [6.45, 7) is 4.40. The largest absolute Gasteiger partial charge is 0.354 e. The van der Waals surface area contributed by atoms with Crippen LogP contribution in [0, 0.1) is 5.92 Å². The lowest BCUT2D eigenvalue weighted by atomic mass is 9.98. The molecular weight excluding hydrogens is 306 g/mol. The summed E-state index contributed by atoms with van der Waals surface area (Å²) in [5.74, 6) is 0.722. The van der Waals surface area contributed by atoms with Crippen molar-refractivity contribution in [2.45, 2.75) is 39.2 Å². The fourth-order valence-electron chi connectivity index (χ4n) is 2.56. The van der Waals surface area contributed by atoms with E-state index < -0.39 is 12.1 Å². The van der Waals surface area contributed by atoms with Crippen molar-refractivity contribution in [2.24, 2.45) is 11.7 Å². The third-order valence-corrected chi connectivity index (χ3v) is 4.12. The normalized spacial score (nSPS) is 13.4. The van der Waals surface area contributed by atoms with Gasteiger partial charge in [0.05, 0.1) is 11.0 Å². The maximum Gasteiger partial charge on any atom is 0.312 e. The Morgan fingerprint density at radius 1 is 1.33 bits per heavy atom. The monoisotopic (exact) mass is 331 g/mol. The van der Waals surface area contributed by atoms with E-state index in [1.165, 1.54) is 0 Å². The number of carbonyl (C=O) groups is 2. The van der Waals surface area contributed by atoms with Crippen molar-refractivity contribution in [1.82, 2.24) is 20.6 Å². The van der Waals surface area contributed by atoms with Gasteiger partial charge in [-0.3, -0.25) is 4.79 Å². The van der Waals surface area contributed by atoms with Crippen molar-refractivity contribution in [1.29, 1.82) is 0 Å². The third-order valence-electron chi connectivity index (χ3n) is 4.12. The molecule has 0 spiro atoms. The van der Waals surface area contributed by atoms with Gasteiger partial charge in [-0.25, -0.2) is 9.78 Å². The summed E-state index contributed by atoms with van der Waals surface area (Å²) in [6, 6.07) is 6.58. The number of nitrogens with zero attached hydrogens (tertiary/aromatic N) is 1. The molecule has 2 rings (SSSR count). The van der Waals surface area contributed by atoms with Gasteiger partial charge in [0.2, 0.25) is 5.91 Å². The number of aryl methyl sites for hydroxylation is 1. The number of nitrogens with one attached hydrogen (secondary N) is 3. The standard InChI is InChI=1S/C17H25N5O2/c1-3-11(2)15(22-17(18)24)16(23)19-10-6-9-14-20-12-7-4-5-8-13(12)21-14/h4-5,7-8,11,15H,3,6,9-10H2,1-2H3,(H,19,23)(H,20,21)(H3,18,22,24)/t11-,15+/m1/s1. The minimum Gasteiger partial charge on any atom is -0.354 e. The van der Waals surface area contributed by atoms with E-state index in [1.54, 1.807) is 0 Å². The highest BCUT2D eigenvalue weighted by atomic mass is 16.2. The van der Waals surface area contributed by atoms with Gasteiger partial charge in [0.1, 0.15) is 11.9 Å². The Morgan fingerprint density at radius 3 is 2.75 bits per heavy atom. The third kappa shape index (κ3) is 4.71. The molecule has 5 N–H and O–H groups in total. The number of aromatic nitrogens is 2. The zero-order valence-corrected chi connectivity index (χ0v) is 14.1. The number of fused-ring (bicyclic) bond motifs is 1. The Morgan fingerprint density at radius 2 is 2.08 bits per heavy atom. The molecule has 0 aliphatic heterocycles. The van der Waals surface area contributed by atoms with Gasteiger partial charge in [-0.15, -0.1) is 0 Å². The molecule has 0 saturated carbocycles. The van der Waals surface area contributed by atoms with Gasteiger partial charge < -0.3 is 21.4 Å². The molecule has 1 heterocycles. The molecule has 24 heavy (non-hydrogen) atoms. The zero-order chi connectivity index (χ0) is 17.5. The van der Waals surface area contributed by atoms with Crippen LogP contribution < -0.4 is 16.4 Å². The van der Waals surface area contributed by atoms with Crippen LogP contribution in [0.1, 0.15) is 32.5 Å². The quantitative estimate of drug-likeness (QED) is 0.552. The van der Waals surface area contributed by atoms with E-state index in [0.29, 0.717) is 6.54 Å². The van der Waals surface area contributed by atoms with Crippen molar-refractivity contribution in [2.75, 3.05) is 6.54 Å². The molecule has 0 bridgehead atoms. The molecule has 0 aliphatic carbocycles. The van der Waals surface area contributed by atoms with Crippen molar-refractivity contribution >= 4 is 23.0 Å². The first-order valence-electron chi connectivity index (χ1n) is 8.28. The van der Waals surface area contributed by atoms with E-state index in [0.717, 1.165) is 36.1 Å². The topological polar surface area (TPSA) is 113 Å². The van der Waals surface area contributed by atoms with Crippen LogP contribution >= 0.6 is 0 Å². The molecule has 2 atom stereocenters. The highest BCUT2D eigenvalue weighted by molar-refractivity contribution is 5.86. The lowest BCUT2D eigenvalue weighted by molar-refractivity contribution is -0.124.